The van der Waals surface area contributed by atoms with Crippen molar-refractivity contribution >= 4 is 27.6 Å². The van der Waals surface area contributed by atoms with Gasteiger partial charge in [0.05, 0.1) is 17.4 Å². The van der Waals surface area contributed by atoms with Crippen LogP contribution in [0.5, 0.6) is 5.75 Å². The number of aromatic nitrogens is 2. The molecule has 0 saturated carbocycles. The Bertz CT molecular complexity index is 1450. The molecule has 0 radical (unpaired) electrons. The molecule has 1 aromatic heterocycles. The van der Waals surface area contributed by atoms with Crippen LogP contribution in [0, 0.1) is 0 Å². The summed E-state index contributed by atoms with van der Waals surface area (Å²) in [4.78, 5) is 41.4. The third kappa shape index (κ3) is 5.44. The number of carbonyl (C=O) groups excluding carboxylic acids is 1. The van der Waals surface area contributed by atoms with Crippen molar-refractivity contribution in [2.75, 3.05) is 13.2 Å². The maximum atomic E-state index is 13.0. The number of aryl methyl sites for hydroxylation is 1. The van der Waals surface area contributed by atoms with E-state index in [9.17, 15) is 19.5 Å². The van der Waals surface area contributed by atoms with Crippen molar-refractivity contribution in [1.29, 1.82) is 0 Å². The molecule has 1 amide bonds. The van der Waals surface area contributed by atoms with Gasteiger partial charge < -0.3 is 14.7 Å². The van der Waals surface area contributed by atoms with Gasteiger partial charge in [-0.1, -0.05) is 48.5 Å². The molecule has 0 spiro atoms. The van der Waals surface area contributed by atoms with Crippen LogP contribution in [0.25, 0.3) is 21.7 Å². The van der Waals surface area contributed by atoms with Crippen LogP contribution < -0.4 is 16.0 Å². The Morgan fingerprint density at radius 3 is 2.46 bits per heavy atom. The number of para-hydroxylation sites is 1. The number of aliphatic hydroxyl groups is 1. The molecule has 0 bridgehead atoms. The molecule has 4 aromatic rings. The first kappa shape index (κ1) is 24.2. The smallest absolute Gasteiger partial charge is 0.328 e. The number of amides is 1. The quantitative estimate of drug-likeness (QED) is 0.387. The van der Waals surface area contributed by atoms with Gasteiger partial charge in [0.2, 0.25) is 5.91 Å². The zero-order valence-corrected chi connectivity index (χ0v) is 19.8. The van der Waals surface area contributed by atoms with Crippen molar-refractivity contribution in [1.82, 2.24) is 14.5 Å². The van der Waals surface area contributed by atoms with E-state index in [1.54, 1.807) is 29.2 Å². The molecule has 1 heterocycles. The number of hydrogen-bond donors (Lipinski definition) is 2. The first-order valence-corrected chi connectivity index (χ1v) is 11.6. The minimum absolute atomic E-state index is 0.0362. The van der Waals surface area contributed by atoms with Crippen molar-refractivity contribution in [3.05, 3.63) is 87.6 Å². The summed E-state index contributed by atoms with van der Waals surface area (Å²) >= 11 is 0. The number of nitrogens with zero attached hydrogens (tertiary/aromatic N) is 2. The van der Waals surface area contributed by atoms with Crippen LogP contribution in [0.3, 0.4) is 0 Å². The predicted octanol–water partition coefficient (Wildman–Crippen LogP) is 2.91. The largest absolute Gasteiger partial charge is 0.490 e. The summed E-state index contributed by atoms with van der Waals surface area (Å²) in [7, 11) is 0. The molecule has 0 fully saturated rings. The van der Waals surface area contributed by atoms with Gasteiger partial charge in [0, 0.05) is 24.4 Å². The highest BCUT2D eigenvalue weighted by Crippen LogP contribution is 2.25. The Hall–Kier alpha value is -3.91. The number of H-pyrrole nitrogens is 1. The number of nitrogens with one attached hydrogen (secondary N) is 1. The lowest BCUT2D eigenvalue weighted by Crippen LogP contribution is -2.44. The van der Waals surface area contributed by atoms with E-state index in [1.165, 1.54) is 4.57 Å². The van der Waals surface area contributed by atoms with Crippen molar-refractivity contribution in [2.45, 2.75) is 39.0 Å². The average Bonchev–Trinajstić information content (AvgIpc) is 2.85. The third-order valence-corrected chi connectivity index (χ3v) is 5.99. The van der Waals surface area contributed by atoms with E-state index < -0.39 is 17.4 Å². The van der Waals surface area contributed by atoms with Crippen molar-refractivity contribution in [3.63, 3.8) is 0 Å². The number of aromatic amines is 1. The van der Waals surface area contributed by atoms with Gasteiger partial charge in [0.25, 0.3) is 5.56 Å². The number of benzene rings is 3. The van der Waals surface area contributed by atoms with Crippen molar-refractivity contribution < 1.29 is 14.6 Å². The first-order chi connectivity index (χ1) is 16.8. The minimum Gasteiger partial charge on any atom is -0.490 e. The second-order valence-electron chi connectivity index (χ2n) is 8.76. The standard InChI is InChI=1S/C27H29N3O5/c1-18(2)30(16-20(31)17-35-24-13-7-9-19-8-3-4-10-21(19)24)25(32)14-15-29-23-12-6-5-11-22(23)26(33)28-27(29)34/h3-13,18,20,31H,14-17H2,1-2H3,(H,28,33,34)/t20-/m1/s1. The number of aliphatic hydroxyl groups excluding tert-OH is 1. The molecule has 0 aliphatic heterocycles. The second-order valence-corrected chi connectivity index (χ2v) is 8.76. The third-order valence-electron chi connectivity index (χ3n) is 5.99. The number of fused-ring (bicyclic) bond motifs is 2. The first-order valence-electron chi connectivity index (χ1n) is 11.6. The summed E-state index contributed by atoms with van der Waals surface area (Å²) in [6, 6.07) is 20.2. The maximum absolute atomic E-state index is 13.0. The van der Waals surface area contributed by atoms with Crippen molar-refractivity contribution in [2.24, 2.45) is 0 Å². The lowest BCUT2D eigenvalue weighted by atomic mass is 10.1. The van der Waals surface area contributed by atoms with Crippen LogP contribution in [0.1, 0.15) is 20.3 Å². The molecular weight excluding hydrogens is 446 g/mol. The fraction of sp³-hybridized carbons (Fsp3) is 0.296. The van der Waals surface area contributed by atoms with Crippen LogP contribution in [0.15, 0.2) is 76.3 Å². The van der Waals surface area contributed by atoms with Gasteiger partial charge in [-0.3, -0.25) is 19.1 Å². The molecule has 8 heteroatoms. The minimum atomic E-state index is -0.892. The number of ether oxygens (including phenoxy) is 1. The lowest BCUT2D eigenvalue weighted by molar-refractivity contribution is -0.135. The second kappa shape index (κ2) is 10.6. The van der Waals surface area contributed by atoms with Gasteiger partial charge in [-0.05, 0) is 37.4 Å². The summed E-state index contributed by atoms with van der Waals surface area (Å²) in [5, 5.41) is 13.0. The van der Waals surface area contributed by atoms with Crippen LogP contribution in [0.2, 0.25) is 0 Å². The van der Waals surface area contributed by atoms with Crippen LogP contribution >= 0.6 is 0 Å². The van der Waals surface area contributed by atoms with Gasteiger partial charge >= 0.3 is 5.69 Å². The zero-order chi connectivity index (χ0) is 24.9. The Labute approximate surface area is 202 Å². The Kier molecular flexibility index (Phi) is 7.31. The molecule has 3 aromatic carbocycles. The van der Waals surface area contributed by atoms with E-state index in [-0.39, 0.29) is 38.1 Å². The SMILES string of the molecule is CC(C)N(C[C@@H](O)COc1cccc2ccccc12)C(=O)CCn1c(=O)[nH]c(=O)c2ccccc21. The molecule has 35 heavy (non-hydrogen) atoms. The number of carbonyl (C=O) groups is 1. The molecule has 1 atom stereocenters. The van der Waals surface area contributed by atoms with Crippen LogP contribution in [-0.4, -0.2) is 50.8 Å². The Morgan fingerprint density at radius 2 is 1.69 bits per heavy atom. The molecule has 182 valence electrons. The maximum Gasteiger partial charge on any atom is 0.328 e. The van der Waals surface area contributed by atoms with Gasteiger partial charge in [-0.2, -0.15) is 0 Å². The van der Waals surface area contributed by atoms with Gasteiger partial charge in [0.15, 0.2) is 0 Å². The van der Waals surface area contributed by atoms with E-state index in [0.717, 1.165) is 10.8 Å². The highest BCUT2D eigenvalue weighted by molar-refractivity contribution is 5.88. The molecule has 0 aliphatic carbocycles. The fourth-order valence-electron chi connectivity index (χ4n) is 4.20. The molecule has 0 unspecified atom stereocenters. The molecule has 2 N–H and O–H groups in total. The summed E-state index contributed by atoms with van der Waals surface area (Å²) in [6.07, 6.45) is -0.845. The fourth-order valence-corrected chi connectivity index (χ4v) is 4.20. The molecule has 8 nitrogen and oxygen atoms in total. The van der Waals surface area contributed by atoms with E-state index in [0.29, 0.717) is 16.7 Å². The Morgan fingerprint density at radius 1 is 1.00 bits per heavy atom. The molecule has 4 rings (SSSR count). The summed E-state index contributed by atoms with van der Waals surface area (Å²) < 4.78 is 7.27. The van der Waals surface area contributed by atoms with Gasteiger partial charge in [-0.15, -0.1) is 0 Å². The summed E-state index contributed by atoms with van der Waals surface area (Å²) in [5.74, 6) is 0.472. The average molecular weight is 476 g/mol. The number of hydrogen-bond acceptors (Lipinski definition) is 5. The highest BCUT2D eigenvalue weighted by atomic mass is 16.5. The monoisotopic (exact) mass is 475 g/mol. The van der Waals surface area contributed by atoms with E-state index in [2.05, 4.69) is 4.98 Å². The highest BCUT2D eigenvalue weighted by Gasteiger charge is 2.21. The molecular formula is C27H29N3O5. The zero-order valence-electron chi connectivity index (χ0n) is 19.8. The normalized spacial score (nSPS) is 12.2. The van der Waals surface area contributed by atoms with E-state index in [1.807, 2.05) is 56.3 Å². The molecule has 0 aliphatic rings. The summed E-state index contributed by atoms with van der Waals surface area (Å²) in [6.45, 7) is 3.99. The molecule has 0 saturated heterocycles. The van der Waals surface area contributed by atoms with Crippen LogP contribution in [-0.2, 0) is 11.3 Å². The predicted molar refractivity (Wildman–Crippen MR) is 136 cm³/mol. The van der Waals surface area contributed by atoms with E-state index >= 15 is 0 Å². The lowest BCUT2D eigenvalue weighted by Gasteiger charge is -2.29. The van der Waals surface area contributed by atoms with Gasteiger partial charge in [0.1, 0.15) is 18.5 Å². The van der Waals surface area contributed by atoms with Gasteiger partial charge in [-0.25, -0.2) is 4.79 Å². The van der Waals surface area contributed by atoms with Crippen LogP contribution in [0.4, 0.5) is 0 Å². The summed E-state index contributed by atoms with van der Waals surface area (Å²) in [5.41, 5.74) is -0.527. The topological polar surface area (TPSA) is 105 Å². The van der Waals surface area contributed by atoms with Crippen molar-refractivity contribution in [3.8, 4) is 5.75 Å². The van der Waals surface area contributed by atoms with E-state index in [4.69, 9.17) is 4.74 Å². The Balaban J connectivity index is 1.41. The number of rotatable bonds is 9.